The van der Waals surface area contributed by atoms with Crippen molar-refractivity contribution in [3.63, 3.8) is 0 Å². The van der Waals surface area contributed by atoms with Crippen molar-refractivity contribution < 1.29 is 8.42 Å². The average Bonchev–Trinajstić information content (AvgIpc) is 2.26. The van der Waals surface area contributed by atoms with Crippen LogP contribution in [-0.4, -0.2) is 14.2 Å². The van der Waals surface area contributed by atoms with Gasteiger partial charge in [0, 0.05) is 10.5 Å². The molecule has 1 aromatic carbocycles. The molecular formula is C12H18BrNO2S. The summed E-state index contributed by atoms with van der Waals surface area (Å²) in [6, 6.07) is 7.42. The van der Waals surface area contributed by atoms with E-state index in [0.717, 1.165) is 16.5 Å². The molecule has 0 saturated carbocycles. The SMILES string of the molecule is CCCCS(=O)(=O)NC(C)c1ccccc1Br. The van der Waals surface area contributed by atoms with E-state index in [0.29, 0.717) is 6.42 Å². The molecule has 3 nitrogen and oxygen atoms in total. The highest BCUT2D eigenvalue weighted by Gasteiger charge is 2.16. The first-order valence-corrected chi connectivity index (χ1v) is 8.15. The lowest BCUT2D eigenvalue weighted by molar-refractivity contribution is 0.563. The van der Waals surface area contributed by atoms with Gasteiger partial charge in [0.1, 0.15) is 0 Å². The van der Waals surface area contributed by atoms with Crippen molar-refractivity contribution in [2.24, 2.45) is 0 Å². The van der Waals surface area contributed by atoms with Crippen LogP contribution in [0.3, 0.4) is 0 Å². The van der Waals surface area contributed by atoms with Crippen molar-refractivity contribution in [3.05, 3.63) is 34.3 Å². The second kappa shape index (κ2) is 6.52. The quantitative estimate of drug-likeness (QED) is 0.875. The van der Waals surface area contributed by atoms with Gasteiger partial charge >= 0.3 is 0 Å². The molecule has 0 bridgehead atoms. The first-order valence-electron chi connectivity index (χ1n) is 5.70. The Bertz CT molecular complexity index is 459. The van der Waals surface area contributed by atoms with Crippen LogP contribution in [0.2, 0.25) is 0 Å². The minimum absolute atomic E-state index is 0.193. The number of benzene rings is 1. The number of rotatable bonds is 6. The van der Waals surface area contributed by atoms with E-state index in [2.05, 4.69) is 20.7 Å². The third-order valence-electron chi connectivity index (χ3n) is 2.49. The lowest BCUT2D eigenvalue weighted by Gasteiger charge is -2.15. The summed E-state index contributed by atoms with van der Waals surface area (Å²) in [6.07, 6.45) is 1.57. The summed E-state index contributed by atoms with van der Waals surface area (Å²) >= 11 is 3.42. The normalized spacial score (nSPS) is 13.6. The summed E-state index contributed by atoms with van der Waals surface area (Å²) in [5.41, 5.74) is 0.951. The van der Waals surface area contributed by atoms with Crippen LogP contribution in [-0.2, 0) is 10.0 Å². The van der Waals surface area contributed by atoms with Crippen molar-refractivity contribution in [1.82, 2.24) is 4.72 Å². The lowest BCUT2D eigenvalue weighted by atomic mass is 10.1. The van der Waals surface area contributed by atoms with Gasteiger partial charge in [0.05, 0.1) is 5.75 Å². The van der Waals surface area contributed by atoms with E-state index < -0.39 is 10.0 Å². The molecule has 1 rings (SSSR count). The van der Waals surface area contributed by atoms with Gasteiger partial charge < -0.3 is 0 Å². The zero-order valence-corrected chi connectivity index (χ0v) is 12.5. The molecule has 1 N–H and O–H groups in total. The summed E-state index contributed by atoms with van der Waals surface area (Å²) in [6.45, 7) is 3.83. The zero-order chi connectivity index (χ0) is 12.9. The highest BCUT2D eigenvalue weighted by Crippen LogP contribution is 2.23. The molecule has 0 saturated heterocycles. The molecule has 1 aromatic rings. The van der Waals surface area contributed by atoms with Crippen molar-refractivity contribution >= 4 is 26.0 Å². The van der Waals surface area contributed by atoms with Gasteiger partial charge in [-0.05, 0) is 25.0 Å². The number of hydrogen-bond donors (Lipinski definition) is 1. The Kier molecular flexibility index (Phi) is 5.62. The summed E-state index contributed by atoms with van der Waals surface area (Å²) in [5, 5.41) is 0. The predicted molar refractivity (Wildman–Crippen MR) is 74.4 cm³/mol. The fourth-order valence-electron chi connectivity index (χ4n) is 1.55. The Morgan fingerprint density at radius 2 is 2.00 bits per heavy atom. The monoisotopic (exact) mass is 319 g/mol. The highest BCUT2D eigenvalue weighted by molar-refractivity contribution is 9.10. The van der Waals surface area contributed by atoms with Crippen molar-refractivity contribution in [2.75, 3.05) is 5.75 Å². The molecule has 0 aromatic heterocycles. The van der Waals surface area contributed by atoms with Crippen LogP contribution in [0.25, 0.3) is 0 Å². The van der Waals surface area contributed by atoms with Gasteiger partial charge in [-0.15, -0.1) is 0 Å². The van der Waals surface area contributed by atoms with E-state index in [1.54, 1.807) is 0 Å². The summed E-state index contributed by atoms with van der Waals surface area (Å²) in [7, 11) is -3.18. The molecule has 0 spiro atoms. The second-order valence-corrected chi connectivity index (χ2v) is 6.76. The number of sulfonamides is 1. The third-order valence-corrected chi connectivity index (χ3v) is 4.76. The van der Waals surface area contributed by atoms with Gasteiger partial charge in [0.2, 0.25) is 10.0 Å². The van der Waals surface area contributed by atoms with E-state index in [1.165, 1.54) is 0 Å². The van der Waals surface area contributed by atoms with Crippen LogP contribution in [0.5, 0.6) is 0 Å². The Hall–Kier alpha value is -0.390. The Labute approximate surface area is 112 Å². The van der Waals surface area contributed by atoms with Gasteiger partial charge in [0.25, 0.3) is 0 Å². The van der Waals surface area contributed by atoms with Crippen LogP contribution < -0.4 is 4.72 Å². The molecule has 0 fully saturated rings. The second-order valence-electron chi connectivity index (χ2n) is 4.03. The van der Waals surface area contributed by atoms with Crippen molar-refractivity contribution in [1.29, 1.82) is 0 Å². The number of nitrogens with one attached hydrogen (secondary N) is 1. The molecule has 1 atom stereocenters. The fourth-order valence-corrected chi connectivity index (χ4v) is 3.63. The van der Waals surface area contributed by atoms with E-state index in [1.807, 2.05) is 38.1 Å². The number of unbranched alkanes of at least 4 members (excludes halogenated alkanes) is 1. The van der Waals surface area contributed by atoms with Gasteiger partial charge in [-0.3, -0.25) is 0 Å². The topological polar surface area (TPSA) is 46.2 Å². The van der Waals surface area contributed by atoms with E-state index >= 15 is 0 Å². The molecule has 0 amide bonds. The first kappa shape index (κ1) is 14.7. The smallest absolute Gasteiger partial charge is 0.212 e. The summed E-state index contributed by atoms with van der Waals surface area (Å²) < 4.78 is 27.1. The third kappa shape index (κ3) is 4.77. The molecule has 0 radical (unpaired) electrons. The maximum absolute atomic E-state index is 11.8. The molecule has 96 valence electrons. The summed E-state index contributed by atoms with van der Waals surface area (Å²) in [4.78, 5) is 0. The number of halogens is 1. The van der Waals surface area contributed by atoms with Gasteiger partial charge in [-0.2, -0.15) is 0 Å². The van der Waals surface area contributed by atoms with E-state index in [-0.39, 0.29) is 11.8 Å². The fraction of sp³-hybridized carbons (Fsp3) is 0.500. The number of hydrogen-bond acceptors (Lipinski definition) is 2. The van der Waals surface area contributed by atoms with Gasteiger partial charge in [-0.1, -0.05) is 47.5 Å². The lowest BCUT2D eigenvalue weighted by Crippen LogP contribution is -2.29. The zero-order valence-electron chi connectivity index (χ0n) is 10.1. The van der Waals surface area contributed by atoms with Crippen LogP contribution in [0.4, 0.5) is 0 Å². The molecule has 5 heteroatoms. The molecule has 0 heterocycles. The van der Waals surface area contributed by atoms with Crippen LogP contribution in [0, 0.1) is 0 Å². The van der Waals surface area contributed by atoms with E-state index in [4.69, 9.17) is 0 Å². The Balaban J connectivity index is 2.73. The van der Waals surface area contributed by atoms with Crippen LogP contribution in [0.1, 0.15) is 38.3 Å². The standard InChI is InChI=1S/C12H18BrNO2S/c1-3-4-9-17(15,16)14-10(2)11-7-5-6-8-12(11)13/h5-8,10,14H,3-4,9H2,1-2H3. The predicted octanol–water partition coefficient (Wildman–Crippen LogP) is 3.23. The maximum Gasteiger partial charge on any atom is 0.212 e. The first-order chi connectivity index (χ1) is 7.96. The highest BCUT2D eigenvalue weighted by atomic mass is 79.9. The van der Waals surface area contributed by atoms with E-state index in [9.17, 15) is 8.42 Å². The molecule has 1 unspecified atom stereocenters. The molecule has 0 aliphatic heterocycles. The molecule has 0 aliphatic carbocycles. The minimum Gasteiger partial charge on any atom is -0.212 e. The maximum atomic E-state index is 11.8. The Morgan fingerprint density at radius 3 is 2.59 bits per heavy atom. The minimum atomic E-state index is -3.18. The van der Waals surface area contributed by atoms with Crippen molar-refractivity contribution in [2.45, 2.75) is 32.7 Å². The average molecular weight is 320 g/mol. The van der Waals surface area contributed by atoms with Gasteiger partial charge in [0.15, 0.2) is 0 Å². The molecule has 0 aliphatic rings. The van der Waals surface area contributed by atoms with Crippen molar-refractivity contribution in [3.8, 4) is 0 Å². The van der Waals surface area contributed by atoms with Crippen LogP contribution in [0.15, 0.2) is 28.7 Å². The Morgan fingerprint density at radius 1 is 1.35 bits per heavy atom. The largest absolute Gasteiger partial charge is 0.212 e. The van der Waals surface area contributed by atoms with Crippen LogP contribution >= 0.6 is 15.9 Å². The molecular weight excluding hydrogens is 302 g/mol. The molecule has 17 heavy (non-hydrogen) atoms. The summed E-state index contributed by atoms with van der Waals surface area (Å²) in [5.74, 6) is 0.193. The van der Waals surface area contributed by atoms with Gasteiger partial charge in [-0.25, -0.2) is 13.1 Å².